The highest BCUT2D eigenvalue weighted by molar-refractivity contribution is 7.89. The van der Waals surface area contributed by atoms with E-state index >= 15 is 0 Å². The molecular weight excluding hydrogens is 323 g/mol. The topological polar surface area (TPSA) is 72.2 Å². The molecule has 20 heavy (non-hydrogen) atoms. The maximum absolute atomic E-state index is 13.6. The van der Waals surface area contributed by atoms with Crippen LogP contribution in [0.15, 0.2) is 35.2 Å². The van der Waals surface area contributed by atoms with E-state index in [4.69, 9.17) is 17.3 Å². The molecule has 0 bridgehead atoms. The van der Waals surface area contributed by atoms with Crippen LogP contribution in [0.2, 0.25) is 4.34 Å². The SMILES string of the molecule is CC(NS(=O)(=O)c1cc(N)ccc1F)c1ccc(Cl)s1. The Morgan fingerprint density at radius 3 is 2.65 bits per heavy atom. The fourth-order valence-corrected chi connectivity index (χ4v) is 4.11. The summed E-state index contributed by atoms with van der Waals surface area (Å²) in [7, 11) is -3.99. The van der Waals surface area contributed by atoms with E-state index in [9.17, 15) is 12.8 Å². The third-order valence-corrected chi connectivity index (χ3v) is 5.57. The molecule has 2 rings (SSSR count). The first-order valence-corrected chi connectivity index (χ1v) is 8.30. The number of hydrogen-bond acceptors (Lipinski definition) is 4. The number of nitrogens with one attached hydrogen (secondary N) is 1. The summed E-state index contributed by atoms with van der Waals surface area (Å²) < 4.78 is 40.9. The van der Waals surface area contributed by atoms with Gasteiger partial charge in [0.15, 0.2) is 0 Å². The molecule has 1 aromatic carbocycles. The molecule has 0 spiro atoms. The summed E-state index contributed by atoms with van der Waals surface area (Å²) in [6, 6.07) is 6.29. The van der Waals surface area contributed by atoms with Gasteiger partial charge in [-0.25, -0.2) is 17.5 Å². The van der Waals surface area contributed by atoms with Crippen LogP contribution >= 0.6 is 22.9 Å². The molecule has 0 saturated carbocycles. The van der Waals surface area contributed by atoms with Gasteiger partial charge in [0.25, 0.3) is 0 Å². The van der Waals surface area contributed by atoms with Crippen LogP contribution in [0.3, 0.4) is 0 Å². The number of hydrogen-bond donors (Lipinski definition) is 2. The second-order valence-corrected chi connectivity index (χ2v) is 7.60. The molecule has 0 saturated heterocycles. The van der Waals surface area contributed by atoms with Gasteiger partial charge in [-0.3, -0.25) is 0 Å². The van der Waals surface area contributed by atoms with Crippen LogP contribution in [-0.4, -0.2) is 8.42 Å². The van der Waals surface area contributed by atoms with Crippen molar-refractivity contribution in [2.75, 3.05) is 5.73 Å². The van der Waals surface area contributed by atoms with E-state index in [0.717, 1.165) is 17.0 Å². The molecule has 1 unspecified atom stereocenters. The average Bonchev–Trinajstić information content (AvgIpc) is 2.78. The van der Waals surface area contributed by atoms with E-state index < -0.39 is 26.8 Å². The normalized spacial score (nSPS) is 13.3. The number of rotatable bonds is 4. The number of anilines is 1. The maximum atomic E-state index is 13.6. The highest BCUT2D eigenvalue weighted by Crippen LogP contribution is 2.28. The monoisotopic (exact) mass is 334 g/mol. The Balaban J connectivity index is 2.29. The van der Waals surface area contributed by atoms with E-state index in [1.807, 2.05) is 0 Å². The molecule has 0 radical (unpaired) electrons. The van der Waals surface area contributed by atoms with Crippen LogP contribution in [0.5, 0.6) is 0 Å². The lowest BCUT2D eigenvalue weighted by Crippen LogP contribution is -2.27. The fraction of sp³-hybridized carbons (Fsp3) is 0.167. The summed E-state index contributed by atoms with van der Waals surface area (Å²) in [6.07, 6.45) is 0. The second kappa shape index (κ2) is 5.69. The molecule has 1 aromatic heterocycles. The molecule has 8 heteroatoms. The minimum atomic E-state index is -3.99. The number of halogens is 2. The first kappa shape index (κ1) is 15.2. The summed E-state index contributed by atoms with van der Waals surface area (Å²) in [5.74, 6) is -0.844. The Morgan fingerprint density at radius 2 is 2.05 bits per heavy atom. The van der Waals surface area contributed by atoms with Gasteiger partial charge >= 0.3 is 0 Å². The zero-order chi connectivity index (χ0) is 14.9. The summed E-state index contributed by atoms with van der Waals surface area (Å²) in [6.45, 7) is 1.66. The van der Waals surface area contributed by atoms with Crippen molar-refractivity contribution in [1.82, 2.24) is 4.72 Å². The first-order valence-electron chi connectivity index (χ1n) is 5.62. The Hall–Kier alpha value is -1.15. The van der Waals surface area contributed by atoms with E-state index in [-0.39, 0.29) is 5.69 Å². The van der Waals surface area contributed by atoms with Crippen molar-refractivity contribution >= 4 is 38.6 Å². The van der Waals surface area contributed by atoms with Crippen molar-refractivity contribution in [1.29, 1.82) is 0 Å². The van der Waals surface area contributed by atoms with Crippen molar-refractivity contribution in [3.63, 3.8) is 0 Å². The van der Waals surface area contributed by atoms with Crippen molar-refractivity contribution in [2.24, 2.45) is 0 Å². The zero-order valence-electron chi connectivity index (χ0n) is 10.4. The van der Waals surface area contributed by atoms with Gasteiger partial charge in [0, 0.05) is 10.6 Å². The predicted octanol–water partition coefficient (Wildman–Crippen LogP) is 3.16. The van der Waals surface area contributed by atoms with E-state index in [1.54, 1.807) is 19.1 Å². The van der Waals surface area contributed by atoms with Crippen LogP contribution in [0.1, 0.15) is 17.8 Å². The number of nitrogens with two attached hydrogens (primary N) is 1. The Morgan fingerprint density at radius 1 is 1.35 bits per heavy atom. The Bertz CT molecular complexity index is 731. The van der Waals surface area contributed by atoms with Crippen LogP contribution in [0.4, 0.5) is 10.1 Å². The largest absolute Gasteiger partial charge is 0.399 e. The number of sulfonamides is 1. The van der Waals surface area contributed by atoms with E-state index in [2.05, 4.69) is 4.72 Å². The molecule has 108 valence electrons. The van der Waals surface area contributed by atoms with Crippen LogP contribution in [0, 0.1) is 5.82 Å². The number of nitrogen functional groups attached to an aromatic ring is 1. The van der Waals surface area contributed by atoms with Crippen molar-refractivity contribution in [3.8, 4) is 0 Å². The highest BCUT2D eigenvalue weighted by atomic mass is 35.5. The molecule has 0 fully saturated rings. The van der Waals surface area contributed by atoms with E-state index in [0.29, 0.717) is 4.34 Å². The van der Waals surface area contributed by atoms with Crippen LogP contribution in [-0.2, 0) is 10.0 Å². The Labute approximate surface area is 125 Å². The molecule has 0 amide bonds. The predicted molar refractivity (Wildman–Crippen MR) is 78.9 cm³/mol. The minimum Gasteiger partial charge on any atom is -0.399 e. The maximum Gasteiger partial charge on any atom is 0.244 e. The molecule has 1 atom stereocenters. The van der Waals surface area contributed by atoms with Crippen LogP contribution < -0.4 is 10.5 Å². The van der Waals surface area contributed by atoms with Crippen LogP contribution in [0.25, 0.3) is 0 Å². The van der Waals surface area contributed by atoms with Crippen molar-refractivity contribution in [3.05, 3.63) is 45.4 Å². The van der Waals surface area contributed by atoms with Gasteiger partial charge in [-0.2, -0.15) is 0 Å². The summed E-state index contributed by atoms with van der Waals surface area (Å²) in [4.78, 5) is 0.273. The van der Waals surface area contributed by atoms with Gasteiger partial charge in [-0.05, 0) is 37.3 Å². The molecule has 0 aliphatic heterocycles. The molecule has 0 aliphatic carbocycles. The summed E-state index contributed by atoms with van der Waals surface area (Å²) >= 11 is 7.06. The molecule has 2 aromatic rings. The number of thiophene rings is 1. The molecule has 3 N–H and O–H groups in total. The van der Waals surface area contributed by atoms with Gasteiger partial charge in [-0.1, -0.05) is 11.6 Å². The van der Waals surface area contributed by atoms with Crippen molar-refractivity contribution in [2.45, 2.75) is 17.9 Å². The minimum absolute atomic E-state index is 0.179. The molecule has 0 aliphatic rings. The lowest BCUT2D eigenvalue weighted by molar-refractivity contribution is 0.548. The van der Waals surface area contributed by atoms with Gasteiger partial charge in [0.2, 0.25) is 10.0 Å². The van der Waals surface area contributed by atoms with Crippen molar-refractivity contribution < 1.29 is 12.8 Å². The first-order chi connectivity index (χ1) is 9.29. The van der Waals surface area contributed by atoms with Gasteiger partial charge in [-0.15, -0.1) is 11.3 Å². The third kappa shape index (κ3) is 3.29. The zero-order valence-corrected chi connectivity index (χ0v) is 12.8. The second-order valence-electron chi connectivity index (χ2n) is 4.17. The molecule has 1 heterocycles. The fourth-order valence-electron chi connectivity index (χ4n) is 1.64. The lowest BCUT2D eigenvalue weighted by Gasteiger charge is -2.13. The molecule has 4 nitrogen and oxygen atoms in total. The quantitative estimate of drug-likeness (QED) is 0.843. The van der Waals surface area contributed by atoms with E-state index in [1.165, 1.54) is 17.4 Å². The average molecular weight is 335 g/mol. The highest BCUT2D eigenvalue weighted by Gasteiger charge is 2.23. The Kier molecular flexibility index (Phi) is 4.33. The summed E-state index contributed by atoms with van der Waals surface area (Å²) in [5, 5.41) is 0. The smallest absolute Gasteiger partial charge is 0.244 e. The standard InChI is InChI=1S/C12H12ClFN2O2S2/c1-7(10-4-5-12(13)19-10)16-20(17,18)11-6-8(15)2-3-9(11)14/h2-7,16H,15H2,1H3. The lowest BCUT2D eigenvalue weighted by atomic mass is 10.3. The van der Waals surface area contributed by atoms with Gasteiger partial charge < -0.3 is 5.73 Å². The van der Waals surface area contributed by atoms with Gasteiger partial charge in [0.05, 0.1) is 10.4 Å². The summed E-state index contributed by atoms with van der Waals surface area (Å²) in [5.41, 5.74) is 5.67. The molecular formula is C12H12ClFN2O2S2. The van der Waals surface area contributed by atoms with Gasteiger partial charge in [0.1, 0.15) is 10.7 Å². The number of benzene rings is 1. The third-order valence-electron chi connectivity index (χ3n) is 2.60.